The molecule has 16 heavy (non-hydrogen) atoms. The Kier molecular flexibility index (Phi) is 3.42. The van der Waals surface area contributed by atoms with Crippen molar-refractivity contribution in [2.24, 2.45) is 0 Å². The van der Waals surface area contributed by atoms with Crippen molar-refractivity contribution in [1.82, 2.24) is 4.98 Å². The van der Waals surface area contributed by atoms with Crippen LogP contribution in [0.2, 0.25) is 0 Å². The van der Waals surface area contributed by atoms with Crippen LogP contribution in [-0.2, 0) is 5.33 Å². The molecular weight excluding hydrogens is 406 g/mol. The van der Waals surface area contributed by atoms with E-state index in [1.807, 2.05) is 0 Å². The highest BCUT2D eigenvalue weighted by molar-refractivity contribution is 9.14. The van der Waals surface area contributed by atoms with Crippen LogP contribution in [0, 0.1) is 0 Å². The second kappa shape index (κ2) is 4.50. The summed E-state index contributed by atoms with van der Waals surface area (Å²) in [6.07, 6.45) is 0. The average Bonchev–Trinajstić information content (AvgIpc) is 2.33. The number of fused-ring (bicyclic) bond motifs is 1. The first kappa shape index (κ1) is 12.1. The van der Waals surface area contributed by atoms with Crippen LogP contribution >= 0.6 is 47.8 Å². The zero-order valence-corrected chi connectivity index (χ0v) is 12.5. The molecule has 2 rings (SSSR count). The van der Waals surface area contributed by atoms with E-state index in [1.54, 1.807) is 12.1 Å². The van der Waals surface area contributed by atoms with E-state index in [0.717, 1.165) is 5.69 Å². The summed E-state index contributed by atoms with van der Waals surface area (Å²) in [5.41, 5.74) is 1.26. The summed E-state index contributed by atoms with van der Waals surface area (Å²) in [5.74, 6) is -0.501. The number of carbonyl (C=O) groups excluding carboxylic acids is 2. The molecule has 0 fully saturated rings. The van der Waals surface area contributed by atoms with Crippen molar-refractivity contribution in [2.45, 2.75) is 5.33 Å². The Morgan fingerprint density at radius 2 is 1.69 bits per heavy atom. The number of allylic oxidation sites excluding steroid dienone is 2. The Morgan fingerprint density at radius 1 is 1.06 bits per heavy atom. The number of ketones is 2. The monoisotopic (exact) mass is 407 g/mol. The molecule has 0 amide bonds. The van der Waals surface area contributed by atoms with Crippen LogP contribution in [-0.4, -0.2) is 16.6 Å². The molecule has 0 saturated heterocycles. The molecule has 0 unspecified atom stereocenters. The van der Waals surface area contributed by atoms with Crippen molar-refractivity contribution in [3.63, 3.8) is 0 Å². The van der Waals surface area contributed by atoms with E-state index in [0.29, 0.717) is 10.9 Å². The summed E-state index contributed by atoms with van der Waals surface area (Å²) in [7, 11) is 0. The minimum atomic E-state index is -0.274. The topological polar surface area (TPSA) is 47.0 Å². The van der Waals surface area contributed by atoms with Crippen molar-refractivity contribution < 1.29 is 9.59 Å². The summed E-state index contributed by atoms with van der Waals surface area (Å²) >= 11 is 9.43. The molecule has 1 aromatic heterocycles. The fourth-order valence-electron chi connectivity index (χ4n) is 1.35. The predicted octanol–water partition coefficient (Wildman–Crippen LogP) is 3.36. The lowest BCUT2D eigenvalue weighted by Crippen LogP contribution is -2.19. The number of halogens is 3. The molecule has 3 nitrogen and oxygen atoms in total. The number of alkyl halides is 1. The Balaban J connectivity index is 2.67. The molecule has 1 aromatic rings. The van der Waals surface area contributed by atoms with Gasteiger partial charge >= 0.3 is 0 Å². The van der Waals surface area contributed by atoms with Crippen molar-refractivity contribution in [3.8, 4) is 0 Å². The van der Waals surface area contributed by atoms with Crippen LogP contribution in [0.5, 0.6) is 0 Å². The van der Waals surface area contributed by atoms with E-state index < -0.39 is 0 Å². The van der Waals surface area contributed by atoms with Gasteiger partial charge in [0.25, 0.3) is 0 Å². The Labute approximate surface area is 117 Å². The van der Waals surface area contributed by atoms with Crippen LogP contribution in [0.25, 0.3) is 0 Å². The summed E-state index contributed by atoms with van der Waals surface area (Å²) in [6, 6.07) is 3.35. The van der Waals surface area contributed by atoms with Gasteiger partial charge in [0.15, 0.2) is 0 Å². The number of hydrogen-bond donors (Lipinski definition) is 0. The van der Waals surface area contributed by atoms with Crippen LogP contribution < -0.4 is 0 Å². The molecule has 0 aliphatic heterocycles. The summed E-state index contributed by atoms with van der Waals surface area (Å²) < 4.78 is 0.475. The SMILES string of the molecule is O=C1C(Br)=C(Br)C(=O)c2nc(CBr)ccc21. The highest BCUT2D eigenvalue weighted by Gasteiger charge is 2.31. The van der Waals surface area contributed by atoms with Crippen molar-refractivity contribution in [2.75, 3.05) is 0 Å². The second-order valence-electron chi connectivity index (χ2n) is 3.12. The highest BCUT2D eigenvalue weighted by atomic mass is 79.9. The predicted molar refractivity (Wildman–Crippen MR) is 70.4 cm³/mol. The molecular formula is C10H4Br3NO2. The van der Waals surface area contributed by atoms with Crippen LogP contribution in [0.15, 0.2) is 21.1 Å². The molecule has 0 bridgehead atoms. The lowest BCUT2D eigenvalue weighted by molar-refractivity contribution is 0.0985. The molecule has 0 N–H and O–H groups in total. The second-order valence-corrected chi connectivity index (χ2v) is 5.27. The fourth-order valence-corrected chi connectivity index (χ4v) is 2.43. The lowest BCUT2D eigenvalue weighted by Gasteiger charge is -2.13. The van der Waals surface area contributed by atoms with Crippen LogP contribution in [0.4, 0.5) is 0 Å². The first-order valence-corrected chi connectivity index (χ1v) is 6.97. The molecule has 0 spiro atoms. The van der Waals surface area contributed by atoms with Gasteiger partial charge in [-0.25, -0.2) is 4.98 Å². The minimum Gasteiger partial charge on any atom is -0.288 e. The first-order valence-electron chi connectivity index (χ1n) is 4.26. The van der Waals surface area contributed by atoms with Gasteiger partial charge in [-0.3, -0.25) is 9.59 Å². The number of Topliss-reactive ketones (excluding diaryl/α,β-unsaturated/α-hetero) is 2. The van der Waals surface area contributed by atoms with Crippen molar-refractivity contribution in [1.29, 1.82) is 0 Å². The van der Waals surface area contributed by atoms with Gasteiger partial charge in [-0.15, -0.1) is 0 Å². The van der Waals surface area contributed by atoms with E-state index in [9.17, 15) is 9.59 Å². The highest BCUT2D eigenvalue weighted by Crippen LogP contribution is 2.31. The normalized spacial score (nSPS) is 15.4. The standard InChI is InChI=1S/C10H4Br3NO2/c11-3-4-1-2-5-8(14-4)10(16)7(13)6(12)9(5)15/h1-2H,3H2. The third-order valence-electron chi connectivity index (χ3n) is 2.14. The van der Waals surface area contributed by atoms with Crippen LogP contribution in [0.3, 0.4) is 0 Å². The van der Waals surface area contributed by atoms with Gasteiger partial charge in [-0.05, 0) is 44.0 Å². The molecule has 0 aromatic carbocycles. The molecule has 0 atom stereocenters. The van der Waals surface area contributed by atoms with Crippen molar-refractivity contribution in [3.05, 3.63) is 38.0 Å². The molecule has 0 saturated carbocycles. The average molecular weight is 410 g/mol. The van der Waals surface area contributed by atoms with Gasteiger partial charge in [-0.2, -0.15) is 0 Å². The van der Waals surface area contributed by atoms with Gasteiger partial charge in [0, 0.05) is 5.33 Å². The maximum absolute atomic E-state index is 11.9. The molecule has 1 aliphatic carbocycles. The summed E-state index contributed by atoms with van der Waals surface area (Å²) in [4.78, 5) is 27.9. The number of hydrogen-bond acceptors (Lipinski definition) is 3. The van der Waals surface area contributed by atoms with E-state index in [-0.39, 0.29) is 26.2 Å². The minimum absolute atomic E-state index is 0.206. The number of rotatable bonds is 1. The Hall–Kier alpha value is -0.330. The lowest BCUT2D eigenvalue weighted by atomic mass is 9.99. The number of pyridine rings is 1. The van der Waals surface area contributed by atoms with Gasteiger partial charge in [0.1, 0.15) is 5.69 Å². The van der Waals surface area contributed by atoms with Gasteiger partial charge < -0.3 is 0 Å². The van der Waals surface area contributed by atoms with Gasteiger partial charge in [0.2, 0.25) is 11.6 Å². The van der Waals surface area contributed by atoms with E-state index in [1.165, 1.54) is 0 Å². The third-order valence-corrected chi connectivity index (χ3v) is 4.76. The van der Waals surface area contributed by atoms with Gasteiger partial charge in [0.05, 0.1) is 20.2 Å². The Morgan fingerprint density at radius 3 is 2.31 bits per heavy atom. The Bertz CT molecular complexity index is 537. The van der Waals surface area contributed by atoms with E-state index in [2.05, 4.69) is 52.8 Å². The number of aromatic nitrogens is 1. The van der Waals surface area contributed by atoms with E-state index in [4.69, 9.17) is 0 Å². The number of nitrogens with zero attached hydrogens (tertiary/aromatic N) is 1. The quantitative estimate of drug-likeness (QED) is 0.668. The summed E-state index contributed by atoms with van der Waals surface area (Å²) in [5, 5.41) is 0.546. The van der Waals surface area contributed by atoms with Crippen LogP contribution in [0.1, 0.15) is 26.5 Å². The largest absolute Gasteiger partial charge is 0.288 e. The molecule has 1 aliphatic rings. The maximum atomic E-state index is 11.9. The third kappa shape index (κ3) is 1.83. The zero-order valence-electron chi connectivity index (χ0n) is 7.76. The van der Waals surface area contributed by atoms with Gasteiger partial charge in [-0.1, -0.05) is 15.9 Å². The maximum Gasteiger partial charge on any atom is 0.220 e. The molecule has 6 heteroatoms. The summed E-state index contributed by atoms with van der Waals surface area (Å²) in [6.45, 7) is 0. The fraction of sp³-hybridized carbons (Fsp3) is 0.100. The smallest absolute Gasteiger partial charge is 0.220 e. The zero-order chi connectivity index (χ0) is 11.9. The first-order chi connectivity index (χ1) is 7.56. The molecule has 0 radical (unpaired) electrons. The van der Waals surface area contributed by atoms with Crippen molar-refractivity contribution >= 4 is 59.4 Å². The molecule has 1 heterocycles. The number of carbonyl (C=O) groups is 2. The van der Waals surface area contributed by atoms with E-state index >= 15 is 0 Å². The molecule has 82 valence electrons.